The van der Waals surface area contributed by atoms with Gasteiger partial charge in [0.25, 0.3) is 0 Å². The molecule has 0 unspecified atom stereocenters. The Bertz CT molecular complexity index is 506. The topological polar surface area (TPSA) is 83.8 Å². The number of Topliss-reactive ketones (excluding diaryl/α,β-unsaturated/α-hetero) is 1. The molecule has 0 saturated heterocycles. The number of rotatable bonds is 4. The zero-order valence-electron chi connectivity index (χ0n) is 14.9. The molecule has 0 bridgehead atoms. The normalized spacial score (nSPS) is 45.4. The van der Waals surface area contributed by atoms with Crippen molar-refractivity contribution in [3.8, 4) is 0 Å². The van der Waals surface area contributed by atoms with Crippen LogP contribution in [0.15, 0.2) is 0 Å². The Kier molecular flexibility index (Phi) is 5.68. The second-order valence-corrected chi connectivity index (χ2v) is 8.44. The molecule has 2 fully saturated rings. The molecule has 2 saturated carbocycles. The van der Waals surface area contributed by atoms with E-state index in [1.165, 1.54) is 13.8 Å². The third-order valence-corrected chi connectivity index (χ3v) is 7.02. The van der Waals surface area contributed by atoms with E-state index in [9.17, 15) is 19.8 Å². The molecule has 5 nitrogen and oxygen atoms in total. The zero-order valence-corrected chi connectivity index (χ0v) is 15.7. The van der Waals surface area contributed by atoms with Gasteiger partial charge in [0.05, 0.1) is 23.5 Å². The number of esters is 1. The highest BCUT2D eigenvalue weighted by molar-refractivity contribution is 6.21. The van der Waals surface area contributed by atoms with Crippen molar-refractivity contribution in [2.24, 2.45) is 23.2 Å². The van der Waals surface area contributed by atoms with Crippen molar-refractivity contribution in [1.82, 2.24) is 0 Å². The van der Waals surface area contributed by atoms with Gasteiger partial charge in [-0.1, -0.05) is 13.3 Å². The molecular formula is C18H29ClO5. The van der Waals surface area contributed by atoms with Crippen molar-refractivity contribution in [3.63, 3.8) is 0 Å². The van der Waals surface area contributed by atoms with Gasteiger partial charge in [0, 0.05) is 13.3 Å². The largest absolute Gasteiger partial charge is 0.465 e. The summed E-state index contributed by atoms with van der Waals surface area (Å²) < 4.78 is 4.89. The van der Waals surface area contributed by atoms with Gasteiger partial charge in [-0.2, -0.15) is 0 Å². The fourth-order valence-electron chi connectivity index (χ4n) is 4.76. The highest BCUT2D eigenvalue weighted by Gasteiger charge is 2.65. The molecule has 0 aromatic heterocycles. The minimum Gasteiger partial charge on any atom is -0.465 e. The fourth-order valence-corrected chi connectivity index (χ4v) is 5.28. The van der Waals surface area contributed by atoms with Crippen LogP contribution in [0, 0.1) is 23.2 Å². The Labute approximate surface area is 148 Å². The monoisotopic (exact) mass is 360 g/mol. The van der Waals surface area contributed by atoms with Crippen molar-refractivity contribution >= 4 is 23.4 Å². The molecule has 2 N–H and O–H groups in total. The Morgan fingerprint density at radius 1 is 1.29 bits per heavy atom. The molecule has 0 radical (unpaired) electrons. The van der Waals surface area contributed by atoms with Crippen LogP contribution < -0.4 is 0 Å². The van der Waals surface area contributed by atoms with Crippen molar-refractivity contribution in [2.45, 2.75) is 70.5 Å². The first-order valence-corrected chi connectivity index (χ1v) is 9.18. The fraction of sp³-hybridized carbons (Fsp3) is 0.889. The highest BCUT2D eigenvalue weighted by Crippen LogP contribution is 2.58. The second kappa shape index (κ2) is 6.93. The molecule has 2 aliphatic rings. The molecule has 24 heavy (non-hydrogen) atoms. The van der Waals surface area contributed by atoms with Gasteiger partial charge < -0.3 is 14.9 Å². The average molecular weight is 361 g/mol. The van der Waals surface area contributed by atoms with Crippen LogP contribution in [0.2, 0.25) is 0 Å². The van der Waals surface area contributed by atoms with Crippen molar-refractivity contribution in [2.75, 3.05) is 6.61 Å². The lowest BCUT2D eigenvalue weighted by Gasteiger charge is -2.59. The van der Waals surface area contributed by atoms with Crippen molar-refractivity contribution in [1.29, 1.82) is 0 Å². The summed E-state index contributed by atoms with van der Waals surface area (Å²) in [6, 6.07) is 0. The van der Waals surface area contributed by atoms with E-state index in [-0.39, 0.29) is 30.6 Å². The summed E-state index contributed by atoms with van der Waals surface area (Å²) in [6.07, 6.45) is 1.48. The minimum absolute atomic E-state index is 0.00593. The third kappa shape index (κ3) is 3.11. The number of hydrogen-bond donors (Lipinski definition) is 2. The van der Waals surface area contributed by atoms with Gasteiger partial charge in [0.15, 0.2) is 0 Å². The predicted octanol–water partition coefficient (Wildman–Crippen LogP) is 2.30. The first-order valence-electron chi connectivity index (χ1n) is 8.74. The van der Waals surface area contributed by atoms with E-state index in [1.807, 2.05) is 0 Å². The number of alkyl halides is 1. The molecule has 138 valence electrons. The van der Waals surface area contributed by atoms with Crippen LogP contribution in [0.25, 0.3) is 0 Å². The van der Waals surface area contributed by atoms with Crippen molar-refractivity contribution < 1.29 is 24.5 Å². The van der Waals surface area contributed by atoms with Crippen LogP contribution in [0.3, 0.4) is 0 Å². The Hall–Kier alpha value is -0.650. The van der Waals surface area contributed by atoms with Gasteiger partial charge in [-0.25, -0.2) is 0 Å². The van der Waals surface area contributed by atoms with Crippen LogP contribution in [0.1, 0.15) is 53.4 Å². The maximum atomic E-state index is 13.0. The van der Waals surface area contributed by atoms with Crippen molar-refractivity contribution in [3.05, 3.63) is 0 Å². The van der Waals surface area contributed by atoms with Gasteiger partial charge >= 0.3 is 5.97 Å². The number of ether oxygens (including phenoxy) is 1. The first kappa shape index (κ1) is 19.7. The SMILES string of the molecule is CC(=O)OCCC(=O)[C@]1(C)[C@H]2CC[C@H](C)C[C@@H]2[C@H](Cl)[C@@H](O)[C@@]1(C)O. The predicted molar refractivity (Wildman–Crippen MR) is 90.6 cm³/mol. The number of aliphatic hydroxyl groups is 2. The van der Waals surface area contributed by atoms with Gasteiger partial charge in [-0.15, -0.1) is 11.6 Å². The summed E-state index contributed by atoms with van der Waals surface area (Å²) in [5.74, 6) is -0.217. The Morgan fingerprint density at radius 3 is 2.50 bits per heavy atom. The van der Waals surface area contributed by atoms with Crippen LogP contribution in [-0.4, -0.2) is 45.7 Å². The van der Waals surface area contributed by atoms with Crippen LogP contribution >= 0.6 is 11.6 Å². The number of hydrogen-bond acceptors (Lipinski definition) is 5. The van der Waals surface area contributed by atoms with E-state index in [4.69, 9.17) is 16.3 Å². The maximum absolute atomic E-state index is 13.0. The molecule has 6 heteroatoms. The molecule has 0 heterocycles. The lowest BCUT2D eigenvalue weighted by Crippen LogP contribution is -2.69. The molecule has 0 spiro atoms. The van der Waals surface area contributed by atoms with E-state index in [0.29, 0.717) is 5.92 Å². The maximum Gasteiger partial charge on any atom is 0.302 e. The third-order valence-electron chi connectivity index (χ3n) is 6.46. The molecule has 0 aromatic rings. The molecule has 0 amide bonds. The lowest BCUT2D eigenvalue weighted by molar-refractivity contribution is -0.211. The smallest absolute Gasteiger partial charge is 0.302 e. The summed E-state index contributed by atoms with van der Waals surface area (Å²) in [5.41, 5.74) is -2.72. The quantitative estimate of drug-likeness (QED) is 0.593. The van der Waals surface area contributed by atoms with E-state index < -0.39 is 28.5 Å². The van der Waals surface area contributed by atoms with E-state index in [0.717, 1.165) is 19.3 Å². The number of halogens is 1. The molecule has 0 aliphatic heterocycles. The number of fused-ring (bicyclic) bond motifs is 1. The number of carbonyl (C=O) groups excluding carboxylic acids is 2. The molecule has 2 aliphatic carbocycles. The van der Waals surface area contributed by atoms with Gasteiger partial charge in [-0.05, 0) is 44.4 Å². The van der Waals surface area contributed by atoms with Gasteiger partial charge in [0.2, 0.25) is 0 Å². The lowest BCUT2D eigenvalue weighted by atomic mass is 9.48. The van der Waals surface area contributed by atoms with E-state index in [1.54, 1.807) is 6.92 Å². The van der Waals surface area contributed by atoms with Gasteiger partial charge in [-0.3, -0.25) is 9.59 Å². The van der Waals surface area contributed by atoms with Crippen LogP contribution in [0.4, 0.5) is 0 Å². The number of carbonyl (C=O) groups is 2. The van der Waals surface area contributed by atoms with Crippen LogP contribution in [-0.2, 0) is 14.3 Å². The van der Waals surface area contributed by atoms with Crippen LogP contribution in [0.5, 0.6) is 0 Å². The first-order chi connectivity index (χ1) is 11.0. The second-order valence-electron chi connectivity index (χ2n) is 7.94. The summed E-state index contributed by atoms with van der Waals surface area (Å²) in [6.45, 7) is 6.68. The molecular weight excluding hydrogens is 332 g/mol. The summed E-state index contributed by atoms with van der Waals surface area (Å²) in [5, 5.41) is 21.1. The Balaban J connectivity index is 2.31. The van der Waals surface area contributed by atoms with E-state index in [2.05, 4.69) is 6.92 Å². The molecule has 0 aromatic carbocycles. The average Bonchev–Trinajstić information content (AvgIpc) is 2.50. The molecule has 2 rings (SSSR count). The summed E-state index contributed by atoms with van der Waals surface area (Å²) >= 11 is 6.48. The minimum atomic E-state index is -1.62. The molecule has 7 atom stereocenters. The summed E-state index contributed by atoms with van der Waals surface area (Å²) in [4.78, 5) is 23.9. The standard InChI is InChI=1S/C18H29ClO5/c1-10-5-6-13-12(9-10)15(19)16(22)18(4,23)17(13,3)14(21)7-8-24-11(2)20/h10,12-13,15-16,22-23H,5-9H2,1-4H3/t10-,12-,13-,15-,16+,17-,18+/m0/s1. The van der Waals surface area contributed by atoms with Gasteiger partial charge in [0.1, 0.15) is 11.4 Å². The Morgan fingerprint density at radius 2 is 1.92 bits per heavy atom. The number of ketones is 1. The summed E-state index contributed by atoms with van der Waals surface area (Å²) in [7, 11) is 0. The van der Waals surface area contributed by atoms with E-state index >= 15 is 0 Å². The zero-order chi connectivity index (χ0) is 18.3. The number of aliphatic hydroxyl groups excluding tert-OH is 1. The highest BCUT2D eigenvalue weighted by atomic mass is 35.5.